The maximum absolute atomic E-state index is 5.51. The van der Waals surface area contributed by atoms with E-state index in [9.17, 15) is 0 Å². The summed E-state index contributed by atoms with van der Waals surface area (Å²) in [5.41, 5.74) is 0.170. The summed E-state index contributed by atoms with van der Waals surface area (Å²) in [5.74, 6) is 1.16. The Morgan fingerprint density at radius 2 is 2.14 bits per heavy atom. The number of hydrogen-bond donors (Lipinski definition) is 1. The molecule has 0 radical (unpaired) electrons. The molecule has 21 heavy (non-hydrogen) atoms. The lowest BCUT2D eigenvalue weighted by Gasteiger charge is -2.48. The normalized spacial score (nSPS) is 21.1. The maximum Gasteiger partial charge on any atom is 0.108 e. The first-order valence-corrected chi connectivity index (χ1v) is 8.08. The van der Waals surface area contributed by atoms with E-state index in [1.54, 1.807) is 0 Å². The van der Waals surface area contributed by atoms with E-state index in [2.05, 4.69) is 47.7 Å². The average molecular weight is 294 g/mol. The minimum Gasteiger partial charge on any atom is -0.379 e. The van der Waals surface area contributed by atoms with Crippen LogP contribution in [0.3, 0.4) is 0 Å². The van der Waals surface area contributed by atoms with Crippen molar-refractivity contribution in [1.82, 2.24) is 19.8 Å². The molecule has 2 atom stereocenters. The minimum atomic E-state index is 0.170. The highest BCUT2D eigenvalue weighted by atomic mass is 16.5. The van der Waals surface area contributed by atoms with Gasteiger partial charge < -0.3 is 14.6 Å². The van der Waals surface area contributed by atoms with Gasteiger partial charge in [-0.15, -0.1) is 0 Å². The second kappa shape index (κ2) is 7.38. The first kappa shape index (κ1) is 16.5. The van der Waals surface area contributed by atoms with Crippen LogP contribution in [0.25, 0.3) is 0 Å². The third kappa shape index (κ3) is 3.65. The summed E-state index contributed by atoms with van der Waals surface area (Å²) >= 11 is 0. The van der Waals surface area contributed by atoms with E-state index in [1.807, 2.05) is 12.4 Å². The molecule has 0 aliphatic carbocycles. The molecule has 1 aliphatic rings. The second-order valence-electron chi connectivity index (χ2n) is 6.14. The Kier molecular flexibility index (Phi) is 5.79. The molecule has 120 valence electrons. The van der Waals surface area contributed by atoms with E-state index < -0.39 is 0 Å². The molecule has 1 fully saturated rings. The molecule has 1 saturated heterocycles. The molecule has 2 rings (SSSR count). The van der Waals surface area contributed by atoms with E-state index in [-0.39, 0.29) is 5.54 Å². The standard InChI is InChI=1S/C16H30N4O/c1-5-16(2,20-10-12-21-13-11-20)14(17-3)6-7-15-18-8-9-19(15)4/h8-9,14,17H,5-7,10-13H2,1-4H3. The second-order valence-corrected chi connectivity index (χ2v) is 6.14. The third-order valence-corrected chi connectivity index (χ3v) is 5.13. The van der Waals surface area contributed by atoms with E-state index >= 15 is 0 Å². The highest BCUT2D eigenvalue weighted by Crippen LogP contribution is 2.27. The van der Waals surface area contributed by atoms with Crippen LogP contribution in [-0.2, 0) is 18.2 Å². The quantitative estimate of drug-likeness (QED) is 0.826. The third-order valence-electron chi connectivity index (χ3n) is 5.13. The number of aromatic nitrogens is 2. The number of nitrogens with zero attached hydrogens (tertiary/aromatic N) is 3. The van der Waals surface area contributed by atoms with Crippen LogP contribution in [0.2, 0.25) is 0 Å². The molecular weight excluding hydrogens is 264 g/mol. The first-order valence-electron chi connectivity index (χ1n) is 8.08. The molecule has 2 heterocycles. The van der Waals surface area contributed by atoms with Crippen molar-refractivity contribution in [3.63, 3.8) is 0 Å². The van der Waals surface area contributed by atoms with Gasteiger partial charge in [0.05, 0.1) is 13.2 Å². The van der Waals surface area contributed by atoms with Crippen molar-refractivity contribution >= 4 is 0 Å². The summed E-state index contributed by atoms with van der Waals surface area (Å²) in [6, 6.07) is 0.456. The zero-order valence-electron chi connectivity index (χ0n) is 13.9. The van der Waals surface area contributed by atoms with Gasteiger partial charge in [-0.1, -0.05) is 6.92 Å². The van der Waals surface area contributed by atoms with Crippen LogP contribution in [0.4, 0.5) is 0 Å². The van der Waals surface area contributed by atoms with Crippen molar-refractivity contribution in [3.8, 4) is 0 Å². The Morgan fingerprint density at radius 1 is 1.43 bits per heavy atom. The molecule has 2 unspecified atom stereocenters. The Hall–Kier alpha value is -0.910. The van der Waals surface area contributed by atoms with Gasteiger partial charge in [0.1, 0.15) is 5.82 Å². The summed E-state index contributed by atoms with van der Waals surface area (Å²) in [7, 11) is 4.15. The highest BCUT2D eigenvalue weighted by Gasteiger charge is 2.37. The van der Waals surface area contributed by atoms with Gasteiger partial charge in [0.25, 0.3) is 0 Å². The lowest BCUT2D eigenvalue weighted by atomic mass is 9.84. The zero-order chi connectivity index (χ0) is 15.3. The Labute approximate surface area is 128 Å². The van der Waals surface area contributed by atoms with Crippen LogP contribution in [0.1, 0.15) is 32.5 Å². The molecule has 0 spiro atoms. The summed E-state index contributed by atoms with van der Waals surface area (Å²) in [5, 5.41) is 3.55. The Morgan fingerprint density at radius 3 is 2.67 bits per heavy atom. The number of ether oxygens (including phenoxy) is 1. The van der Waals surface area contributed by atoms with Crippen LogP contribution in [-0.4, -0.2) is 59.4 Å². The van der Waals surface area contributed by atoms with Crippen LogP contribution in [0.15, 0.2) is 12.4 Å². The van der Waals surface area contributed by atoms with Gasteiger partial charge in [0, 0.05) is 50.5 Å². The van der Waals surface area contributed by atoms with Crippen LogP contribution in [0, 0.1) is 0 Å². The predicted octanol–water partition coefficient (Wildman–Crippen LogP) is 1.44. The molecule has 0 bridgehead atoms. The van der Waals surface area contributed by atoms with Gasteiger partial charge in [-0.2, -0.15) is 0 Å². The van der Waals surface area contributed by atoms with Crippen LogP contribution in [0.5, 0.6) is 0 Å². The number of morpholine rings is 1. The van der Waals surface area contributed by atoms with Gasteiger partial charge in [0.2, 0.25) is 0 Å². The lowest BCUT2D eigenvalue weighted by Crippen LogP contribution is -2.61. The van der Waals surface area contributed by atoms with Crippen LogP contribution >= 0.6 is 0 Å². The smallest absolute Gasteiger partial charge is 0.108 e. The van der Waals surface area contributed by atoms with Gasteiger partial charge in [-0.3, -0.25) is 4.90 Å². The van der Waals surface area contributed by atoms with Crippen molar-refractivity contribution < 1.29 is 4.74 Å². The Balaban J connectivity index is 2.03. The molecular formula is C16H30N4O. The Bertz CT molecular complexity index is 428. The van der Waals surface area contributed by atoms with Gasteiger partial charge >= 0.3 is 0 Å². The number of hydrogen-bond acceptors (Lipinski definition) is 4. The summed E-state index contributed by atoms with van der Waals surface area (Å²) < 4.78 is 7.63. The minimum absolute atomic E-state index is 0.170. The SMILES string of the molecule is CCC(C)(C(CCc1nccn1C)NC)N1CCOCC1. The van der Waals surface area contributed by atoms with Gasteiger partial charge in [0.15, 0.2) is 0 Å². The van der Waals surface area contributed by atoms with E-state index in [1.165, 1.54) is 0 Å². The molecule has 0 saturated carbocycles. The highest BCUT2D eigenvalue weighted by molar-refractivity contribution is 4.99. The van der Waals surface area contributed by atoms with E-state index in [4.69, 9.17) is 4.74 Å². The van der Waals surface area contributed by atoms with Crippen molar-refractivity contribution in [2.45, 2.75) is 44.7 Å². The van der Waals surface area contributed by atoms with Crippen molar-refractivity contribution in [2.75, 3.05) is 33.4 Å². The maximum atomic E-state index is 5.51. The fraction of sp³-hybridized carbons (Fsp3) is 0.812. The van der Waals surface area contributed by atoms with Crippen molar-refractivity contribution in [3.05, 3.63) is 18.2 Å². The fourth-order valence-corrected chi connectivity index (χ4v) is 3.44. The number of rotatable bonds is 7. The predicted molar refractivity (Wildman–Crippen MR) is 85.5 cm³/mol. The number of imidazole rings is 1. The molecule has 1 N–H and O–H groups in total. The van der Waals surface area contributed by atoms with Crippen molar-refractivity contribution in [1.29, 1.82) is 0 Å². The van der Waals surface area contributed by atoms with Gasteiger partial charge in [-0.05, 0) is 26.8 Å². The number of nitrogens with one attached hydrogen (secondary N) is 1. The zero-order valence-corrected chi connectivity index (χ0v) is 13.9. The fourth-order valence-electron chi connectivity index (χ4n) is 3.44. The first-order chi connectivity index (χ1) is 10.1. The number of aryl methyl sites for hydroxylation is 2. The summed E-state index contributed by atoms with van der Waals surface area (Å²) in [6.45, 7) is 8.45. The molecule has 1 aromatic heterocycles. The molecule has 1 aliphatic heterocycles. The molecule has 5 heteroatoms. The van der Waals surface area contributed by atoms with Crippen molar-refractivity contribution in [2.24, 2.45) is 7.05 Å². The summed E-state index contributed by atoms with van der Waals surface area (Å²) in [4.78, 5) is 7.04. The van der Waals surface area contributed by atoms with E-state index in [0.29, 0.717) is 6.04 Å². The molecule has 1 aromatic rings. The molecule has 0 aromatic carbocycles. The number of likely N-dealkylation sites (N-methyl/N-ethyl adjacent to an activating group) is 1. The topological polar surface area (TPSA) is 42.3 Å². The molecule has 0 amide bonds. The van der Waals surface area contributed by atoms with Gasteiger partial charge in [-0.25, -0.2) is 4.98 Å². The largest absolute Gasteiger partial charge is 0.379 e. The average Bonchev–Trinajstić information content (AvgIpc) is 2.93. The molecule has 5 nitrogen and oxygen atoms in total. The monoisotopic (exact) mass is 294 g/mol. The lowest BCUT2D eigenvalue weighted by molar-refractivity contribution is -0.0324. The van der Waals surface area contributed by atoms with Crippen LogP contribution < -0.4 is 5.32 Å². The summed E-state index contributed by atoms with van der Waals surface area (Å²) in [6.07, 6.45) is 7.15. The van der Waals surface area contributed by atoms with E-state index in [0.717, 1.165) is 51.4 Å².